The molecule has 1 nitrogen and oxygen atoms in total. The quantitative estimate of drug-likeness (QED) is 0.519. The van der Waals surface area contributed by atoms with Crippen molar-refractivity contribution in [3.8, 4) is 0 Å². The summed E-state index contributed by atoms with van der Waals surface area (Å²) >= 11 is 1.28. The van der Waals surface area contributed by atoms with Crippen molar-refractivity contribution in [3.63, 3.8) is 0 Å². The molecule has 0 aliphatic carbocycles. The fraction of sp³-hybridized carbons (Fsp3) is 0.333. The van der Waals surface area contributed by atoms with Crippen LogP contribution in [0.5, 0.6) is 0 Å². The highest BCUT2D eigenvalue weighted by Gasteiger charge is 1.92. The summed E-state index contributed by atoms with van der Waals surface area (Å²) in [7, 11) is 0. The molecule has 11 heavy (non-hydrogen) atoms. The fourth-order valence-corrected chi connectivity index (χ4v) is 1.22. The van der Waals surface area contributed by atoms with Crippen LogP contribution < -0.4 is 5.14 Å². The summed E-state index contributed by atoms with van der Waals surface area (Å²) in [6.07, 6.45) is 8.06. The van der Waals surface area contributed by atoms with Gasteiger partial charge in [0.15, 0.2) is 0 Å². The highest BCUT2D eigenvalue weighted by molar-refractivity contribution is 8.01. The van der Waals surface area contributed by atoms with Gasteiger partial charge in [0, 0.05) is 4.91 Å². The molecule has 0 atom stereocenters. The third-order valence-electron chi connectivity index (χ3n) is 1.25. The summed E-state index contributed by atoms with van der Waals surface area (Å²) in [4.78, 5) is 1.12. The molecule has 0 saturated heterocycles. The summed E-state index contributed by atoms with van der Waals surface area (Å²) in [5, 5.41) is 5.46. The van der Waals surface area contributed by atoms with Crippen LogP contribution in [0.1, 0.15) is 20.8 Å². The Hall–Kier alpha value is -0.470. The van der Waals surface area contributed by atoms with Crippen LogP contribution in [0.25, 0.3) is 0 Å². The molecule has 0 aromatic rings. The normalized spacial score (nSPS) is 14.5. The van der Waals surface area contributed by atoms with Gasteiger partial charge in [-0.25, -0.2) is 0 Å². The summed E-state index contributed by atoms with van der Waals surface area (Å²) in [5.41, 5.74) is 1.21. The van der Waals surface area contributed by atoms with Crippen molar-refractivity contribution in [1.82, 2.24) is 0 Å². The number of rotatable bonds is 3. The van der Waals surface area contributed by atoms with Crippen LogP contribution in [-0.2, 0) is 0 Å². The Kier molecular flexibility index (Phi) is 5.99. The van der Waals surface area contributed by atoms with Crippen LogP contribution in [0.4, 0.5) is 0 Å². The van der Waals surface area contributed by atoms with E-state index in [4.69, 9.17) is 5.14 Å². The molecule has 2 N–H and O–H groups in total. The second kappa shape index (κ2) is 6.25. The Morgan fingerprint density at radius 2 is 1.73 bits per heavy atom. The Bertz CT molecular complexity index is 190. The van der Waals surface area contributed by atoms with E-state index < -0.39 is 0 Å². The minimum Gasteiger partial charge on any atom is -0.274 e. The molecule has 0 heterocycles. The van der Waals surface area contributed by atoms with Gasteiger partial charge in [-0.15, -0.1) is 0 Å². The minimum atomic E-state index is 1.12. The zero-order valence-corrected chi connectivity index (χ0v) is 8.11. The second-order valence-corrected chi connectivity index (χ2v) is 2.84. The molecule has 0 amide bonds. The van der Waals surface area contributed by atoms with Crippen LogP contribution in [0.3, 0.4) is 0 Å². The fourth-order valence-electron chi connectivity index (χ4n) is 0.747. The standard InChI is InChI=1S/C9H15NS/c1-4-6-8(3)9(11-10)7-5-2/h4-7H,10H2,1-3H3/b6-4-,7-5-,9-8+. The Morgan fingerprint density at radius 1 is 1.18 bits per heavy atom. The highest BCUT2D eigenvalue weighted by atomic mass is 32.2. The molecule has 0 bridgehead atoms. The number of allylic oxidation sites excluding steroid dienone is 5. The number of hydrogen-bond acceptors (Lipinski definition) is 2. The zero-order chi connectivity index (χ0) is 8.69. The summed E-state index contributed by atoms with van der Waals surface area (Å²) in [6.45, 7) is 6.03. The molecule has 0 aromatic heterocycles. The average Bonchev–Trinajstić information content (AvgIpc) is 2.00. The van der Waals surface area contributed by atoms with Gasteiger partial charge in [0.05, 0.1) is 0 Å². The lowest BCUT2D eigenvalue weighted by Gasteiger charge is -1.98. The first kappa shape index (κ1) is 10.5. The van der Waals surface area contributed by atoms with Crippen molar-refractivity contribution in [3.05, 3.63) is 34.8 Å². The first-order valence-electron chi connectivity index (χ1n) is 3.59. The highest BCUT2D eigenvalue weighted by Crippen LogP contribution is 2.16. The smallest absolute Gasteiger partial charge is 0.0251 e. The van der Waals surface area contributed by atoms with Gasteiger partial charge in [0.1, 0.15) is 0 Å². The van der Waals surface area contributed by atoms with Crippen molar-refractivity contribution < 1.29 is 0 Å². The zero-order valence-electron chi connectivity index (χ0n) is 7.29. The van der Waals surface area contributed by atoms with Gasteiger partial charge < -0.3 is 0 Å². The molecule has 0 fully saturated rings. The lowest BCUT2D eigenvalue weighted by Crippen LogP contribution is -1.83. The maximum Gasteiger partial charge on any atom is 0.0251 e. The van der Waals surface area contributed by atoms with E-state index in [1.165, 1.54) is 17.5 Å². The monoisotopic (exact) mass is 169 g/mol. The van der Waals surface area contributed by atoms with Crippen molar-refractivity contribution in [2.24, 2.45) is 5.14 Å². The van der Waals surface area contributed by atoms with Crippen molar-refractivity contribution in [2.75, 3.05) is 0 Å². The van der Waals surface area contributed by atoms with E-state index >= 15 is 0 Å². The van der Waals surface area contributed by atoms with E-state index in [1.807, 2.05) is 32.1 Å². The molecule has 0 saturated carbocycles. The summed E-state index contributed by atoms with van der Waals surface area (Å²) in [5.74, 6) is 0. The molecule has 0 rings (SSSR count). The van der Waals surface area contributed by atoms with Gasteiger partial charge in [0.25, 0.3) is 0 Å². The SMILES string of the molecule is C\C=C/C(C)=C(\C=C/C)SN. The van der Waals surface area contributed by atoms with Crippen LogP contribution >= 0.6 is 11.9 Å². The molecule has 0 spiro atoms. The molecule has 0 aliphatic heterocycles. The third-order valence-corrected chi connectivity index (χ3v) is 1.96. The average molecular weight is 169 g/mol. The Balaban J connectivity index is 4.52. The number of nitrogens with two attached hydrogens (primary N) is 1. The molecule has 0 aliphatic rings. The minimum absolute atomic E-state index is 1.12. The first-order chi connectivity index (χ1) is 5.26. The van der Waals surface area contributed by atoms with Crippen LogP contribution in [0, 0.1) is 0 Å². The predicted molar refractivity (Wildman–Crippen MR) is 54.1 cm³/mol. The maximum absolute atomic E-state index is 5.46. The van der Waals surface area contributed by atoms with E-state index in [1.54, 1.807) is 0 Å². The molecule has 0 radical (unpaired) electrons. The van der Waals surface area contributed by atoms with Gasteiger partial charge in [-0.05, 0) is 38.3 Å². The molecule has 0 unspecified atom stereocenters. The van der Waals surface area contributed by atoms with E-state index in [-0.39, 0.29) is 0 Å². The Morgan fingerprint density at radius 3 is 2.09 bits per heavy atom. The van der Waals surface area contributed by atoms with Gasteiger partial charge in [-0.2, -0.15) is 0 Å². The number of hydrogen-bond donors (Lipinski definition) is 1. The summed E-state index contributed by atoms with van der Waals surface area (Å²) < 4.78 is 0. The van der Waals surface area contributed by atoms with Crippen LogP contribution in [0.15, 0.2) is 34.8 Å². The maximum atomic E-state index is 5.46. The Labute approximate surface area is 73.2 Å². The van der Waals surface area contributed by atoms with E-state index in [9.17, 15) is 0 Å². The first-order valence-corrected chi connectivity index (χ1v) is 4.47. The van der Waals surface area contributed by atoms with Gasteiger partial charge in [-0.3, -0.25) is 5.14 Å². The lowest BCUT2D eigenvalue weighted by molar-refractivity contribution is 1.48. The van der Waals surface area contributed by atoms with E-state index in [0.717, 1.165) is 4.91 Å². The molecule has 2 heteroatoms. The van der Waals surface area contributed by atoms with Gasteiger partial charge in [-0.1, -0.05) is 24.3 Å². The topological polar surface area (TPSA) is 26.0 Å². The second-order valence-electron chi connectivity index (χ2n) is 2.17. The lowest BCUT2D eigenvalue weighted by atomic mass is 10.2. The van der Waals surface area contributed by atoms with Crippen LogP contribution in [-0.4, -0.2) is 0 Å². The molecule has 0 aromatic carbocycles. The van der Waals surface area contributed by atoms with Crippen molar-refractivity contribution in [1.29, 1.82) is 0 Å². The van der Waals surface area contributed by atoms with E-state index in [0.29, 0.717) is 0 Å². The van der Waals surface area contributed by atoms with Crippen LogP contribution in [0.2, 0.25) is 0 Å². The van der Waals surface area contributed by atoms with Gasteiger partial charge in [0.2, 0.25) is 0 Å². The third kappa shape index (κ3) is 4.06. The predicted octanol–water partition coefficient (Wildman–Crippen LogP) is 3.02. The van der Waals surface area contributed by atoms with Gasteiger partial charge >= 0.3 is 0 Å². The largest absolute Gasteiger partial charge is 0.274 e. The molecular weight excluding hydrogens is 154 g/mol. The summed E-state index contributed by atoms with van der Waals surface area (Å²) in [6, 6.07) is 0. The molecular formula is C9H15NS. The van der Waals surface area contributed by atoms with E-state index in [2.05, 4.69) is 13.0 Å². The van der Waals surface area contributed by atoms with Crippen molar-refractivity contribution >= 4 is 11.9 Å². The molecule has 62 valence electrons. The van der Waals surface area contributed by atoms with Crippen molar-refractivity contribution in [2.45, 2.75) is 20.8 Å².